The van der Waals surface area contributed by atoms with Crippen LogP contribution in [0.4, 0.5) is 26.3 Å². The summed E-state index contributed by atoms with van der Waals surface area (Å²) in [6, 6.07) is 2.55. The maximum Gasteiger partial charge on any atom is 1.00 e. The third-order valence-corrected chi connectivity index (χ3v) is 1.25. The Labute approximate surface area is 92.7 Å². The SMILES string of the molecule is FC(F)(F)c1[c-]ccc(C(F)(F)F)n1.[Li+]. The van der Waals surface area contributed by atoms with E-state index in [9.17, 15) is 26.3 Å². The minimum atomic E-state index is -4.92. The van der Waals surface area contributed by atoms with Crippen molar-refractivity contribution < 1.29 is 45.2 Å². The summed E-state index contributed by atoms with van der Waals surface area (Å²) in [5.41, 5.74) is -3.25. The Morgan fingerprint density at radius 3 is 1.93 bits per heavy atom. The van der Waals surface area contributed by atoms with Crippen LogP contribution in [0.3, 0.4) is 0 Å². The van der Waals surface area contributed by atoms with Gasteiger partial charge in [0, 0.05) is 0 Å². The second-order valence-corrected chi connectivity index (χ2v) is 2.32. The van der Waals surface area contributed by atoms with Gasteiger partial charge in [0.25, 0.3) is 0 Å². The second-order valence-electron chi connectivity index (χ2n) is 2.32. The van der Waals surface area contributed by atoms with Crippen molar-refractivity contribution in [2.75, 3.05) is 0 Å². The Morgan fingerprint density at radius 1 is 1.00 bits per heavy atom. The molecule has 78 valence electrons. The Balaban J connectivity index is 0.00000196. The van der Waals surface area contributed by atoms with Crippen LogP contribution in [0, 0.1) is 6.07 Å². The van der Waals surface area contributed by atoms with Crippen LogP contribution in [-0.4, -0.2) is 4.98 Å². The summed E-state index contributed by atoms with van der Waals surface area (Å²) in [4.78, 5) is 2.41. The number of alkyl halides is 6. The molecular weight excluding hydrogens is 219 g/mol. The van der Waals surface area contributed by atoms with Crippen molar-refractivity contribution in [1.29, 1.82) is 0 Å². The topological polar surface area (TPSA) is 12.9 Å². The number of hydrogen-bond acceptors (Lipinski definition) is 1. The Bertz CT molecular complexity index is 302. The largest absolute Gasteiger partial charge is 1.00 e. The zero-order chi connectivity index (χ0) is 11.0. The zero-order valence-corrected chi connectivity index (χ0v) is 7.37. The second kappa shape index (κ2) is 4.45. The van der Waals surface area contributed by atoms with E-state index in [4.69, 9.17) is 0 Å². The molecule has 8 heteroatoms. The number of aromatic nitrogens is 1. The van der Waals surface area contributed by atoms with Gasteiger partial charge in [-0.1, -0.05) is 0 Å². The van der Waals surface area contributed by atoms with Crippen LogP contribution < -0.4 is 18.9 Å². The molecule has 0 spiro atoms. The molecule has 1 rings (SSSR count). The quantitative estimate of drug-likeness (QED) is 0.339. The first kappa shape index (κ1) is 14.3. The van der Waals surface area contributed by atoms with Gasteiger partial charge in [0.2, 0.25) is 0 Å². The Kier molecular flexibility index (Phi) is 4.25. The smallest absolute Gasteiger partial charge is 0.279 e. The Hall–Kier alpha value is -0.673. The molecule has 0 unspecified atom stereocenters. The number of pyridine rings is 1. The molecule has 0 aliphatic rings. The molecule has 0 saturated heterocycles. The van der Waals surface area contributed by atoms with Gasteiger partial charge in [-0.3, -0.25) is 4.98 Å². The normalized spacial score (nSPS) is 12.1. The summed E-state index contributed by atoms with van der Waals surface area (Å²) in [5.74, 6) is 0. The van der Waals surface area contributed by atoms with Gasteiger partial charge in [0.1, 0.15) is 0 Å². The third kappa shape index (κ3) is 3.76. The molecule has 0 aromatic carbocycles. The molecule has 1 aromatic heterocycles. The summed E-state index contributed by atoms with van der Waals surface area (Å²) >= 11 is 0. The fourth-order valence-corrected chi connectivity index (χ4v) is 0.693. The first-order valence-corrected chi connectivity index (χ1v) is 3.24. The monoisotopic (exact) mass is 221 g/mol. The summed E-state index contributed by atoms with van der Waals surface area (Å²) in [7, 11) is 0. The predicted octanol–water partition coefficient (Wildman–Crippen LogP) is -0.0766. The molecule has 0 fully saturated rings. The molecule has 0 bridgehead atoms. The zero-order valence-electron chi connectivity index (χ0n) is 7.37. The van der Waals surface area contributed by atoms with Crippen LogP contribution in [0.15, 0.2) is 12.1 Å². The van der Waals surface area contributed by atoms with Crippen LogP contribution in [0.1, 0.15) is 11.4 Å². The van der Waals surface area contributed by atoms with Gasteiger partial charge >= 0.3 is 31.2 Å². The van der Waals surface area contributed by atoms with Gasteiger partial charge in [-0.25, -0.2) is 12.1 Å². The minimum Gasteiger partial charge on any atom is -0.279 e. The predicted molar refractivity (Wildman–Crippen MR) is 33.1 cm³/mol. The van der Waals surface area contributed by atoms with E-state index in [2.05, 4.69) is 4.98 Å². The van der Waals surface area contributed by atoms with E-state index in [1.54, 1.807) is 6.07 Å². The molecular formula is C7H2F6LiN. The summed E-state index contributed by atoms with van der Waals surface area (Å²) in [6.07, 6.45) is -9.80. The van der Waals surface area contributed by atoms with Crippen LogP contribution in [0.2, 0.25) is 0 Å². The van der Waals surface area contributed by atoms with E-state index in [-0.39, 0.29) is 18.9 Å². The van der Waals surface area contributed by atoms with Crippen LogP contribution in [0.25, 0.3) is 0 Å². The van der Waals surface area contributed by atoms with Crippen molar-refractivity contribution in [1.82, 2.24) is 4.98 Å². The van der Waals surface area contributed by atoms with E-state index in [0.717, 1.165) is 0 Å². The van der Waals surface area contributed by atoms with Gasteiger partial charge < -0.3 is 0 Å². The number of nitrogens with zero attached hydrogens (tertiary/aromatic N) is 1. The maximum atomic E-state index is 11.9. The van der Waals surface area contributed by atoms with Crippen LogP contribution in [0.5, 0.6) is 0 Å². The summed E-state index contributed by atoms with van der Waals surface area (Å²) in [6.45, 7) is 0. The average Bonchev–Trinajstić information content (AvgIpc) is 2.01. The van der Waals surface area contributed by atoms with E-state index in [1.165, 1.54) is 0 Å². The molecule has 0 N–H and O–H groups in total. The molecule has 1 aromatic rings. The summed E-state index contributed by atoms with van der Waals surface area (Å²) < 4.78 is 71.4. The fraction of sp³-hybridized carbons (Fsp3) is 0.286. The van der Waals surface area contributed by atoms with E-state index in [1.807, 2.05) is 0 Å². The van der Waals surface area contributed by atoms with Crippen molar-refractivity contribution in [2.24, 2.45) is 0 Å². The molecule has 1 nitrogen and oxygen atoms in total. The van der Waals surface area contributed by atoms with Crippen molar-refractivity contribution in [3.63, 3.8) is 0 Å². The first-order valence-electron chi connectivity index (χ1n) is 3.24. The van der Waals surface area contributed by atoms with Crippen molar-refractivity contribution in [3.05, 3.63) is 29.6 Å². The average molecular weight is 221 g/mol. The molecule has 0 saturated carbocycles. The van der Waals surface area contributed by atoms with Crippen molar-refractivity contribution in [2.45, 2.75) is 12.4 Å². The van der Waals surface area contributed by atoms with Gasteiger partial charge in [0.15, 0.2) is 0 Å². The standard InChI is InChI=1S/C7H2F6N.Li/c8-6(9,10)4-2-1-3-5(14-4)7(11,12)13;/h1-2H;/q-1;+1. The van der Waals surface area contributed by atoms with Crippen molar-refractivity contribution >= 4 is 0 Å². The molecule has 0 aliphatic carbocycles. The molecule has 0 aliphatic heterocycles. The summed E-state index contributed by atoms with van der Waals surface area (Å²) in [5, 5.41) is 0. The molecule has 0 atom stereocenters. The van der Waals surface area contributed by atoms with Gasteiger partial charge in [-0.15, -0.1) is 0 Å². The number of rotatable bonds is 0. The molecule has 15 heavy (non-hydrogen) atoms. The molecule has 0 radical (unpaired) electrons. The van der Waals surface area contributed by atoms with Gasteiger partial charge in [0.05, 0.1) is 11.4 Å². The third-order valence-electron chi connectivity index (χ3n) is 1.25. The first-order chi connectivity index (χ1) is 6.21. The number of hydrogen-bond donors (Lipinski definition) is 0. The fourth-order valence-electron chi connectivity index (χ4n) is 0.693. The van der Waals surface area contributed by atoms with E-state index >= 15 is 0 Å². The van der Waals surface area contributed by atoms with Gasteiger partial charge in [-0.05, 0) is 0 Å². The Morgan fingerprint density at radius 2 is 1.53 bits per heavy atom. The molecule has 0 amide bonds. The molecule has 1 heterocycles. The number of halogens is 6. The maximum absolute atomic E-state index is 11.9. The van der Waals surface area contributed by atoms with E-state index in [0.29, 0.717) is 12.1 Å². The van der Waals surface area contributed by atoms with E-state index < -0.39 is 23.7 Å². The van der Waals surface area contributed by atoms with Crippen molar-refractivity contribution in [3.8, 4) is 0 Å². The van der Waals surface area contributed by atoms with Gasteiger partial charge in [-0.2, -0.15) is 32.4 Å². The minimum absolute atomic E-state index is 0. The van der Waals surface area contributed by atoms with Crippen LogP contribution >= 0.6 is 0 Å². The van der Waals surface area contributed by atoms with Crippen LogP contribution in [-0.2, 0) is 12.4 Å².